The third kappa shape index (κ3) is 11.5. The summed E-state index contributed by atoms with van der Waals surface area (Å²) in [4.78, 5) is 50.9. The fourth-order valence-corrected chi connectivity index (χ4v) is 3.30. The molecule has 32 heavy (non-hydrogen) atoms. The number of unbranched alkanes of at least 4 members (excludes halogenated alkanes) is 6. The second-order valence-electron chi connectivity index (χ2n) is 8.31. The van der Waals surface area contributed by atoms with Crippen LogP contribution in [0.5, 0.6) is 0 Å². The number of nitrogens with one attached hydrogen (secondary N) is 2. The third-order valence-electron chi connectivity index (χ3n) is 5.14. The third-order valence-corrected chi connectivity index (χ3v) is 5.14. The summed E-state index contributed by atoms with van der Waals surface area (Å²) < 4.78 is 2.06. The fourth-order valence-electron chi connectivity index (χ4n) is 3.30. The Balaban J connectivity index is 2.26. The van der Waals surface area contributed by atoms with Crippen LogP contribution >= 0.6 is 0 Å². The Morgan fingerprint density at radius 2 is 1.56 bits per heavy atom. The highest BCUT2D eigenvalue weighted by molar-refractivity contribution is 5.92. The number of carbonyl (C=O) groups excluding carboxylic acids is 2. The molecule has 0 bridgehead atoms. The van der Waals surface area contributed by atoms with E-state index >= 15 is 0 Å². The predicted molar refractivity (Wildman–Crippen MR) is 118 cm³/mol. The van der Waals surface area contributed by atoms with E-state index in [1.165, 1.54) is 0 Å². The minimum Gasteiger partial charge on any atom is -0.481 e. The molecule has 4 N–H and O–H groups in total. The van der Waals surface area contributed by atoms with Gasteiger partial charge in [-0.1, -0.05) is 46.0 Å². The number of carboxylic acids is 2. The Kier molecular flexibility index (Phi) is 12.7. The maximum atomic E-state index is 12.4. The molecule has 1 rings (SSSR count). The minimum absolute atomic E-state index is 0.191. The van der Waals surface area contributed by atoms with Gasteiger partial charge in [0.05, 0.1) is 12.7 Å². The van der Waals surface area contributed by atoms with Gasteiger partial charge >= 0.3 is 11.9 Å². The van der Waals surface area contributed by atoms with Gasteiger partial charge in [0.1, 0.15) is 12.1 Å². The first-order valence-electron chi connectivity index (χ1n) is 11.2. The van der Waals surface area contributed by atoms with Crippen LogP contribution in [-0.4, -0.2) is 55.6 Å². The number of carbonyl (C=O) groups is 4. The number of aryl methyl sites for hydroxylation is 1. The van der Waals surface area contributed by atoms with Crippen molar-refractivity contribution in [1.82, 2.24) is 20.2 Å². The van der Waals surface area contributed by atoms with Crippen LogP contribution in [0.25, 0.3) is 0 Å². The van der Waals surface area contributed by atoms with Crippen LogP contribution in [0, 0.1) is 5.92 Å². The number of hydrogen-bond acceptors (Lipinski definition) is 5. The fraction of sp³-hybridized carbons (Fsp3) is 0.682. The molecular weight excluding hydrogens is 416 g/mol. The van der Waals surface area contributed by atoms with Crippen molar-refractivity contribution < 1.29 is 29.4 Å². The summed E-state index contributed by atoms with van der Waals surface area (Å²) in [7, 11) is 0. The summed E-state index contributed by atoms with van der Waals surface area (Å²) in [6, 6.07) is -2.47. The first kappa shape index (κ1) is 27.1. The summed E-state index contributed by atoms with van der Waals surface area (Å²) >= 11 is 0. The van der Waals surface area contributed by atoms with Crippen LogP contribution in [0.4, 0.5) is 0 Å². The van der Waals surface area contributed by atoms with Crippen molar-refractivity contribution in [2.75, 3.05) is 0 Å². The monoisotopic (exact) mass is 452 g/mol. The van der Waals surface area contributed by atoms with Crippen molar-refractivity contribution in [2.45, 2.75) is 90.3 Å². The number of rotatable bonds is 17. The predicted octanol–water partition coefficient (Wildman–Crippen LogP) is 2.19. The van der Waals surface area contributed by atoms with Crippen LogP contribution in [0.1, 0.15) is 71.6 Å². The second-order valence-corrected chi connectivity index (χ2v) is 8.31. The van der Waals surface area contributed by atoms with E-state index in [2.05, 4.69) is 20.2 Å². The number of amides is 2. The largest absolute Gasteiger partial charge is 0.481 e. The zero-order valence-electron chi connectivity index (χ0n) is 19.0. The molecule has 0 fully saturated rings. The van der Waals surface area contributed by atoms with Crippen molar-refractivity contribution in [3.8, 4) is 0 Å². The molecule has 2 amide bonds. The second kappa shape index (κ2) is 15.0. The molecule has 10 heteroatoms. The van der Waals surface area contributed by atoms with Crippen molar-refractivity contribution in [1.29, 1.82) is 0 Å². The smallest absolute Gasteiger partial charge is 0.326 e. The Labute approximate surface area is 188 Å². The molecule has 1 heterocycles. The van der Waals surface area contributed by atoms with Crippen molar-refractivity contribution in [2.24, 2.45) is 5.92 Å². The van der Waals surface area contributed by atoms with Crippen molar-refractivity contribution >= 4 is 23.8 Å². The van der Waals surface area contributed by atoms with Crippen molar-refractivity contribution in [3.63, 3.8) is 0 Å². The molecule has 0 aliphatic carbocycles. The van der Waals surface area contributed by atoms with Gasteiger partial charge in [-0.25, -0.2) is 9.78 Å². The van der Waals surface area contributed by atoms with E-state index in [4.69, 9.17) is 5.11 Å². The molecule has 1 aromatic heterocycles. The molecule has 1 aromatic rings. The highest BCUT2D eigenvalue weighted by Crippen LogP contribution is 2.10. The topological polar surface area (TPSA) is 151 Å². The first-order chi connectivity index (χ1) is 15.2. The average Bonchev–Trinajstić information content (AvgIpc) is 3.22. The van der Waals surface area contributed by atoms with E-state index in [0.717, 1.165) is 45.1 Å². The highest BCUT2D eigenvalue weighted by Gasteiger charge is 2.29. The molecule has 0 radical (unpaired) electrons. The van der Waals surface area contributed by atoms with E-state index in [1.807, 2.05) is 12.5 Å². The normalized spacial score (nSPS) is 12.8. The molecule has 10 nitrogen and oxygen atoms in total. The SMILES string of the molecule is CC(C)[C@H](NC(=O)[C@H](CC(=O)O)NC(=O)CCCCCCCCCn1ccnc1)C(=O)O. The zero-order valence-corrected chi connectivity index (χ0v) is 19.0. The Morgan fingerprint density at radius 3 is 2.09 bits per heavy atom. The molecule has 0 aliphatic rings. The highest BCUT2D eigenvalue weighted by atomic mass is 16.4. The Hall–Kier alpha value is -2.91. The van der Waals surface area contributed by atoms with Gasteiger partial charge in [-0.2, -0.15) is 0 Å². The molecule has 0 saturated carbocycles. The van der Waals surface area contributed by atoms with Crippen LogP contribution < -0.4 is 10.6 Å². The number of carboxylic acid groups (broad SMARTS) is 2. The van der Waals surface area contributed by atoms with E-state index in [1.54, 1.807) is 20.0 Å². The van der Waals surface area contributed by atoms with Crippen LogP contribution in [0.15, 0.2) is 18.7 Å². The van der Waals surface area contributed by atoms with E-state index in [9.17, 15) is 24.3 Å². The summed E-state index contributed by atoms with van der Waals surface area (Å²) in [5.41, 5.74) is 0. The molecular formula is C22H36N4O6. The zero-order chi connectivity index (χ0) is 23.9. The lowest BCUT2D eigenvalue weighted by molar-refractivity contribution is -0.144. The van der Waals surface area contributed by atoms with Crippen molar-refractivity contribution in [3.05, 3.63) is 18.7 Å². The summed E-state index contributed by atoms with van der Waals surface area (Å²) in [5.74, 6) is -4.07. The standard InChI is InChI=1S/C22H36N4O6/c1-16(2)20(22(31)32)25-21(30)17(14-19(28)29)24-18(27)10-8-6-4-3-5-7-9-12-26-13-11-23-15-26/h11,13,15-17,20H,3-10,12,14H2,1-2H3,(H,24,27)(H,25,30)(H,28,29)(H,31,32)/t17-,20-/m0/s1. The van der Waals surface area contributed by atoms with Gasteiger partial charge in [0, 0.05) is 25.4 Å². The van der Waals surface area contributed by atoms with Gasteiger partial charge in [0.25, 0.3) is 0 Å². The maximum Gasteiger partial charge on any atom is 0.326 e. The lowest BCUT2D eigenvalue weighted by Gasteiger charge is -2.22. The van der Waals surface area contributed by atoms with Gasteiger partial charge in [-0.3, -0.25) is 14.4 Å². The number of imidazole rings is 1. The van der Waals surface area contributed by atoms with Crippen LogP contribution in [-0.2, 0) is 25.7 Å². The molecule has 2 atom stereocenters. The summed E-state index contributed by atoms with van der Waals surface area (Å²) in [6.07, 6.45) is 12.1. The lowest BCUT2D eigenvalue weighted by atomic mass is 10.0. The Bertz CT molecular complexity index is 720. The van der Waals surface area contributed by atoms with Crippen LogP contribution in [0.3, 0.4) is 0 Å². The van der Waals surface area contributed by atoms with E-state index in [-0.39, 0.29) is 12.3 Å². The molecule has 0 saturated heterocycles. The molecule has 0 aromatic carbocycles. The summed E-state index contributed by atoms with van der Waals surface area (Å²) in [5, 5.41) is 23.0. The average molecular weight is 453 g/mol. The lowest BCUT2D eigenvalue weighted by Crippen LogP contribution is -2.53. The maximum absolute atomic E-state index is 12.4. The minimum atomic E-state index is -1.31. The van der Waals surface area contributed by atoms with Crippen LogP contribution in [0.2, 0.25) is 0 Å². The molecule has 180 valence electrons. The summed E-state index contributed by atoms with van der Waals surface area (Å²) in [6.45, 7) is 4.23. The van der Waals surface area contributed by atoms with E-state index < -0.39 is 42.3 Å². The number of aromatic nitrogens is 2. The number of nitrogens with zero attached hydrogens (tertiary/aromatic N) is 2. The van der Waals surface area contributed by atoms with E-state index in [0.29, 0.717) is 6.42 Å². The number of aliphatic carboxylic acids is 2. The number of hydrogen-bond donors (Lipinski definition) is 4. The Morgan fingerprint density at radius 1 is 0.938 bits per heavy atom. The first-order valence-corrected chi connectivity index (χ1v) is 11.2. The molecule has 0 spiro atoms. The van der Waals surface area contributed by atoms with Gasteiger partial charge in [0.2, 0.25) is 11.8 Å². The quantitative estimate of drug-likeness (QED) is 0.265. The molecule has 0 aliphatic heterocycles. The van der Waals surface area contributed by atoms with Gasteiger partial charge in [-0.05, 0) is 18.8 Å². The van der Waals surface area contributed by atoms with Gasteiger partial charge in [0.15, 0.2) is 0 Å². The van der Waals surface area contributed by atoms with Gasteiger partial charge < -0.3 is 25.4 Å². The van der Waals surface area contributed by atoms with Gasteiger partial charge in [-0.15, -0.1) is 0 Å². The molecule has 0 unspecified atom stereocenters.